The molecule has 4 saturated heterocycles. The summed E-state index contributed by atoms with van der Waals surface area (Å²) in [5.41, 5.74) is 12.4. The Bertz CT molecular complexity index is 3490. The Morgan fingerprint density at radius 3 is 1.41 bits per heavy atom. The van der Waals surface area contributed by atoms with E-state index in [1.165, 1.54) is 21.8 Å². The van der Waals surface area contributed by atoms with Gasteiger partial charge in [-0.05, 0) is 30.0 Å². The third kappa shape index (κ3) is 18.3. The summed E-state index contributed by atoms with van der Waals surface area (Å²) in [7, 11) is -10.9. The summed E-state index contributed by atoms with van der Waals surface area (Å²) < 4.78 is 106. The molecular weight excluding hydrogens is 1360 g/mol. The third-order valence-corrected chi connectivity index (χ3v) is 20.0. The molecule has 0 bridgehead atoms. The van der Waals surface area contributed by atoms with Crippen molar-refractivity contribution in [2.24, 2.45) is 0 Å². The molecule has 4 aromatic rings. The number of fused-ring (bicyclic) bond motifs is 2. The first-order valence-corrected chi connectivity index (χ1v) is 34.4. The zero-order valence-corrected chi connectivity index (χ0v) is 53.0. The van der Waals surface area contributed by atoms with Crippen LogP contribution in [0.15, 0.2) is 25.3 Å². The van der Waals surface area contributed by atoms with Crippen molar-refractivity contribution in [1.29, 1.82) is 0 Å². The van der Waals surface area contributed by atoms with E-state index in [1.807, 2.05) is 0 Å². The average molecular weight is 1420 g/mol. The molecule has 8 heterocycles. The highest BCUT2D eigenvalue weighted by atomic mass is 32.5. The molecule has 0 amide bonds. The summed E-state index contributed by atoms with van der Waals surface area (Å²) >= 11 is 9.66. The summed E-state index contributed by atoms with van der Waals surface area (Å²) in [4.78, 5) is 126. The van der Waals surface area contributed by atoms with Gasteiger partial charge in [-0.2, -0.15) is 0 Å². The lowest BCUT2D eigenvalue weighted by Gasteiger charge is -2.44. The molecule has 4 fully saturated rings. The molecule has 91 heavy (non-hydrogen) atoms. The number of aliphatic hydroxyl groups excluding tert-OH is 6. The summed E-state index contributed by atoms with van der Waals surface area (Å²) in [6.07, 6.45) is -23.4. The van der Waals surface area contributed by atoms with Crippen LogP contribution in [0.3, 0.4) is 0 Å². The van der Waals surface area contributed by atoms with Crippen molar-refractivity contribution in [3.05, 3.63) is 25.3 Å². The number of aliphatic hydroxyl groups is 6. The van der Waals surface area contributed by atoms with Gasteiger partial charge in [-0.15, -0.1) is 0 Å². The third-order valence-electron chi connectivity index (χ3n) is 13.0. The van der Waals surface area contributed by atoms with Gasteiger partial charge in [0, 0.05) is 34.6 Å². The van der Waals surface area contributed by atoms with E-state index in [0.717, 1.165) is 47.3 Å². The number of phosphoric ester groups is 2. The minimum Gasteiger partial charge on any atom is -0.456 e. The number of nitrogens with two attached hydrogens (primary N) is 2. The van der Waals surface area contributed by atoms with Crippen LogP contribution in [0.2, 0.25) is 0 Å². The van der Waals surface area contributed by atoms with Gasteiger partial charge < -0.3 is 113 Å². The van der Waals surface area contributed by atoms with Crippen molar-refractivity contribution in [2.45, 2.75) is 158 Å². The first-order valence-electron chi connectivity index (χ1n) is 26.2. The second kappa shape index (κ2) is 30.2. The number of aromatic nitrogens is 8. The van der Waals surface area contributed by atoms with E-state index in [1.54, 1.807) is 6.92 Å². The van der Waals surface area contributed by atoms with E-state index in [-0.39, 0.29) is 40.4 Å². The van der Waals surface area contributed by atoms with Crippen LogP contribution in [0, 0.1) is 0 Å². The lowest BCUT2D eigenvalue weighted by atomic mass is 9.96. The van der Waals surface area contributed by atoms with Gasteiger partial charge in [0.05, 0.1) is 32.5 Å². The van der Waals surface area contributed by atoms with Gasteiger partial charge in [-0.25, -0.2) is 47.7 Å². The summed E-state index contributed by atoms with van der Waals surface area (Å²) in [6.45, 7) is -5.00. The Hall–Kier alpha value is -4.99. The van der Waals surface area contributed by atoms with Gasteiger partial charge in [0.15, 0.2) is 72.2 Å². The zero-order chi connectivity index (χ0) is 67.4. The van der Waals surface area contributed by atoms with Crippen LogP contribution in [-0.2, 0) is 126 Å². The normalized spacial score (nSPS) is 32.6. The topological polar surface area (TPSA) is 599 Å². The maximum atomic E-state index is 13.3. The molecule has 0 spiro atoms. The smallest absolute Gasteiger partial charge is 0.456 e. The predicted octanol–water partition coefficient (Wildman–Crippen LogP) is -3.34. The number of hydrogen-bond donors (Lipinski definition) is 12. The SMILES string of the molecule is CCC1O[C@@H](OP(=O)(O)OP(O)(=S)OC[C@H]2O[C@@H](n3cnc4c(N)ncnc43)[C@@H](OC(C)=O)C2OC(C)=O)C(OC(C)=O)[C@@H](OC(C)=O)[C@@H]1OC(C)=O.Nc1ncnc2c1ncn2[C@@H]1O[C@H](COP(O)(=S)OP(=O)(O)O[C@@H]2OC(CO)[C@@H](O)[C@H](O)C2O)C(O)[C@@H]1O. The largest absolute Gasteiger partial charge is 0.481 e. The average Bonchev–Trinajstić information content (AvgIpc) is 1.73. The number of phosphoric acid groups is 2. The number of hydrogen-bond acceptors (Lipinski definition) is 38. The fraction of sp³-hybridized carbons (Fsp3) is 0.651. The lowest BCUT2D eigenvalue weighted by Crippen LogP contribution is -2.61. The Balaban J connectivity index is 0.000000272. The number of carbonyl (C=O) groups excluding carboxylic acids is 5. The van der Waals surface area contributed by atoms with E-state index >= 15 is 0 Å². The van der Waals surface area contributed by atoms with Gasteiger partial charge in [-0.3, -0.25) is 42.2 Å². The van der Waals surface area contributed by atoms with Gasteiger partial charge in [0.2, 0.25) is 6.29 Å². The number of anilines is 2. The number of rotatable bonds is 23. The van der Waals surface area contributed by atoms with Crippen molar-refractivity contribution >= 4 is 117 Å². The fourth-order valence-corrected chi connectivity index (χ4v) is 15.5. The summed E-state index contributed by atoms with van der Waals surface area (Å²) in [5, 5.41) is 59.5. The van der Waals surface area contributed by atoms with Crippen LogP contribution in [0.1, 0.15) is 60.4 Å². The van der Waals surface area contributed by atoms with Crippen LogP contribution in [0.25, 0.3) is 22.3 Å². The Morgan fingerprint density at radius 1 is 0.516 bits per heavy atom. The highest BCUT2D eigenvalue weighted by Gasteiger charge is 2.56. The standard InChI is InChI=1S/C27H37N5O18P2S.C16H25N5O14P2S/c1-7-16-19(42-11(2)33)21(44-13(4)35)23(46-15(6)37)27(48-16)49-51(38,39)50-52(40,53)41-8-17-20(43-12(3)34)22(45-14(5)36)26(47-17)32-10-31-18-24(28)29-9-30-25(18)32;17-13-7-14(19-3-18-13)21(4-20-7)15-11(26)9(24)6(32-15)2-31-37(30,38)35-36(28,29)34-16-12(27)10(25)8(23)5(1-22)33-16/h9-10,16-17,19-23,26-27H,7-8H2,1-6H3,(H,38,39)(H,40,53)(H2,28,29,30);3-6,8-12,15-16,22-27H,1-2H2,(H,28,29)(H,30,38)(H2,17,18,19)/t16?,17-,19-,20?,21+,22+,23?,26-,27+,52?;5?,6-,8-,9?,10+,11+,12?,15-,16+,37?/m11/s1. The molecule has 0 radical (unpaired) electrons. The van der Waals surface area contributed by atoms with E-state index < -0.39 is 189 Å². The second-order valence-electron chi connectivity index (χ2n) is 19.6. The molecule has 0 aromatic carbocycles. The molecule has 8 rings (SSSR count). The molecule has 10 unspecified atom stereocenters. The Labute approximate surface area is 521 Å². The van der Waals surface area contributed by atoms with Crippen LogP contribution >= 0.6 is 29.1 Å². The Morgan fingerprint density at radius 2 is 0.923 bits per heavy atom. The van der Waals surface area contributed by atoms with Gasteiger partial charge in [0.25, 0.3) is 0 Å². The minimum atomic E-state index is -5.55. The van der Waals surface area contributed by atoms with Crippen LogP contribution in [0.4, 0.5) is 11.6 Å². The molecule has 4 aliphatic rings. The van der Waals surface area contributed by atoms with Crippen molar-refractivity contribution in [2.75, 3.05) is 31.3 Å². The second-order valence-corrected chi connectivity index (χ2v) is 28.4. The molecule has 48 heteroatoms. The van der Waals surface area contributed by atoms with Crippen LogP contribution < -0.4 is 11.5 Å². The molecule has 42 nitrogen and oxygen atoms in total. The van der Waals surface area contributed by atoms with Gasteiger partial charge in [0.1, 0.15) is 78.6 Å². The van der Waals surface area contributed by atoms with E-state index in [9.17, 15) is 83.3 Å². The van der Waals surface area contributed by atoms with E-state index in [0.29, 0.717) is 0 Å². The fourth-order valence-electron chi connectivity index (χ4n) is 9.29. The quantitative estimate of drug-likeness (QED) is 0.0196. The number of ether oxygens (including phenoxy) is 9. The number of nitrogens with zero attached hydrogens (tertiary/aromatic N) is 8. The highest BCUT2D eigenvalue weighted by Crippen LogP contribution is 2.63. The van der Waals surface area contributed by atoms with Crippen LogP contribution in [0.5, 0.6) is 0 Å². The van der Waals surface area contributed by atoms with E-state index in [4.69, 9.17) is 95.6 Å². The number of imidazole rings is 2. The van der Waals surface area contributed by atoms with Crippen molar-refractivity contribution < 1.29 is 153 Å². The number of nitrogen functional groups attached to an aromatic ring is 2. The molecular formula is C43H62N10O32P4S2. The molecule has 4 aromatic heterocycles. The van der Waals surface area contributed by atoms with Crippen molar-refractivity contribution in [1.82, 2.24) is 39.0 Å². The number of carbonyl (C=O) groups is 5. The molecule has 14 N–H and O–H groups in total. The zero-order valence-electron chi connectivity index (χ0n) is 47.8. The summed E-state index contributed by atoms with van der Waals surface area (Å²) in [5.74, 6) is -4.23. The maximum absolute atomic E-state index is 13.3. The Kier molecular flexibility index (Phi) is 24.3. The molecule has 0 saturated carbocycles. The highest BCUT2D eigenvalue weighted by molar-refractivity contribution is 8.08. The lowest BCUT2D eigenvalue weighted by molar-refractivity contribution is -0.286. The summed E-state index contributed by atoms with van der Waals surface area (Å²) in [6, 6.07) is 0. The number of esters is 5. The molecule has 508 valence electrons. The molecule has 0 aliphatic carbocycles. The first-order chi connectivity index (χ1) is 42.5. The minimum absolute atomic E-state index is 0.0232. The molecule has 22 atom stereocenters. The molecule has 4 aliphatic heterocycles. The predicted molar refractivity (Wildman–Crippen MR) is 299 cm³/mol. The van der Waals surface area contributed by atoms with Crippen LogP contribution in [-0.4, -0.2) is 237 Å². The maximum Gasteiger partial charge on any atom is 0.481 e. The van der Waals surface area contributed by atoms with Crippen molar-refractivity contribution in [3.8, 4) is 0 Å². The van der Waals surface area contributed by atoms with E-state index in [2.05, 4.69) is 38.7 Å². The van der Waals surface area contributed by atoms with Crippen molar-refractivity contribution in [3.63, 3.8) is 0 Å². The van der Waals surface area contributed by atoms with Gasteiger partial charge >= 0.3 is 58.9 Å². The first kappa shape index (κ1) is 73.4. The van der Waals surface area contributed by atoms with Gasteiger partial charge in [-0.1, -0.05) is 6.92 Å². The monoisotopic (exact) mass is 1420 g/mol.